The van der Waals surface area contributed by atoms with Gasteiger partial charge in [0.15, 0.2) is 0 Å². The number of nitrogens with zero attached hydrogens (tertiary/aromatic N) is 1. The fourth-order valence-corrected chi connectivity index (χ4v) is 0.755. The Hall–Kier alpha value is -1.02. The fourth-order valence-electron chi connectivity index (χ4n) is 0.755. The van der Waals surface area contributed by atoms with E-state index in [1.165, 1.54) is 12.6 Å². The molecule has 0 spiro atoms. The maximum absolute atomic E-state index is 10.7. The van der Waals surface area contributed by atoms with E-state index in [0.717, 1.165) is 5.06 Å². The molecule has 0 fully saturated rings. The van der Waals surface area contributed by atoms with Gasteiger partial charge in [0.25, 0.3) is 0 Å². The molecule has 0 aliphatic rings. The quantitative estimate of drug-likeness (QED) is 0.539. The number of hydrogen-bond acceptors (Lipinski definition) is 1. The monoisotopic (exact) mass is 136 g/mol. The van der Waals surface area contributed by atoms with E-state index in [1.54, 1.807) is 0 Å². The minimum absolute atomic E-state index is 0.700. The zero-order chi connectivity index (χ0) is 7.56. The van der Waals surface area contributed by atoms with Crippen molar-refractivity contribution in [3.05, 3.63) is 29.8 Å². The van der Waals surface area contributed by atoms with Crippen LogP contribution in [0.25, 0.3) is 0 Å². The van der Waals surface area contributed by atoms with Crippen LogP contribution in [0.3, 0.4) is 0 Å². The van der Waals surface area contributed by atoms with Gasteiger partial charge < -0.3 is 0 Å². The highest BCUT2D eigenvalue weighted by molar-refractivity contribution is 5.43. The summed E-state index contributed by atoms with van der Waals surface area (Å²) in [5, 5.41) is 11.5. The molecule has 0 saturated carbocycles. The number of hydroxylamine groups is 1. The summed E-state index contributed by atoms with van der Waals surface area (Å²) in [7, 11) is 1.49. The van der Waals surface area contributed by atoms with Crippen LogP contribution in [-0.4, -0.2) is 7.05 Å². The van der Waals surface area contributed by atoms with Crippen molar-refractivity contribution in [1.29, 1.82) is 0 Å². The standard InChI is InChI=1S/C8H10NO/c1-7-3-5-8(6-4-7)9(2)10/h3-6H,1-2H3. The summed E-state index contributed by atoms with van der Waals surface area (Å²) in [6, 6.07) is 7.46. The summed E-state index contributed by atoms with van der Waals surface area (Å²) >= 11 is 0. The molecule has 1 radical (unpaired) electrons. The molecule has 0 unspecified atom stereocenters. The molecule has 0 aliphatic carbocycles. The van der Waals surface area contributed by atoms with Crippen molar-refractivity contribution in [1.82, 2.24) is 0 Å². The maximum atomic E-state index is 10.7. The second-order valence-corrected chi connectivity index (χ2v) is 2.33. The fraction of sp³-hybridized carbons (Fsp3) is 0.250. The number of aryl methyl sites for hydroxylation is 1. The van der Waals surface area contributed by atoms with Gasteiger partial charge in [-0.1, -0.05) is 22.9 Å². The first-order chi connectivity index (χ1) is 4.70. The molecule has 2 heteroatoms. The minimum atomic E-state index is 0.700. The van der Waals surface area contributed by atoms with Gasteiger partial charge in [-0.2, -0.15) is 0 Å². The number of benzene rings is 1. The van der Waals surface area contributed by atoms with E-state index in [-0.39, 0.29) is 0 Å². The third-order valence-electron chi connectivity index (χ3n) is 1.40. The first-order valence-electron chi connectivity index (χ1n) is 3.17. The van der Waals surface area contributed by atoms with E-state index in [4.69, 9.17) is 0 Å². The van der Waals surface area contributed by atoms with Crippen LogP contribution < -0.4 is 5.06 Å². The SMILES string of the molecule is Cc1ccc(N(C)[O])cc1. The number of hydrogen-bond donors (Lipinski definition) is 0. The van der Waals surface area contributed by atoms with Crippen LogP contribution in [0.5, 0.6) is 0 Å². The molecule has 0 N–H and O–H groups in total. The predicted molar refractivity (Wildman–Crippen MR) is 40.3 cm³/mol. The maximum Gasteiger partial charge on any atom is 0.0664 e. The van der Waals surface area contributed by atoms with Gasteiger partial charge in [-0.3, -0.25) is 0 Å². The van der Waals surface area contributed by atoms with Gasteiger partial charge in [0.05, 0.1) is 5.69 Å². The Morgan fingerprint density at radius 1 is 1.20 bits per heavy atom. The molecule has 0 atom stereocenters. The molecule has 2 nitrogen and oxygen atoms in total. The second kappa shape index (κ2) is 2.71. The molecular weight excluding hydrogens is 126 g/mol. The van der Waals surface area contributed by atoms with Crippen LogP contribution in [0.1, 0.15) is 5.56 Å². The third kappa shape index (κ3) is 1.48. The van der Waals surface area contributed by atoms with Crippen LogP contribution in [0, 0.1) is 6.92 Å². The largest absolute Gasteiger partial charge is 0.223 e. The van der Waals surface area contributed by atoms with Gasteiger partial charge in [-0.05, 0) is 19.1 Å². The van der Waals surface area contributed by atoms with Gasteiger partial charge in [-0.25, -0.2) is 5.06 Å². The number of rotatable bonds is 1. The molecule has 0 bridgehead atoms. The third-order valence-corrected chi connectivity index (χ3v) is 1.40. The van der Waals surface area contributed by atoms with Crippen molar-refractivity contribution in [2.45, 2.75) is 6.92 Å². The van der Waals surface area contributed by atoms with Crippen LogP contribution in [0.15, 0.2) is 24.3 Å². The average Bonchev–Trinajstić information content (AvgIpc) is 1.88. The Kier molecular flexibility index (Phi) is 1.92. The summed E-state index contributed by atoms with van der Waals surface area (Å²) in [5.74, 6) is 0. The molecule has 1 aromatic carbocycles. The molecular formula is C8H10NO. The van der Waals surface area contributed by atoms with E-state index in [1.807, 2.05) is 31.2 Å². The Morgan fingerprint density at radius 2 is 1.70 bits per heavy atom. The van der Waals surface area contributed by atoms with Gasteiger partial charge in [0, 0.05) is 7.05 Å². The Bertz CT molecular complexity index is 203. The highest BCUT2D eigenvalue weighted by Crippen LogP contribution is 2.10. The molecule has 0 heterocycles. The molecule has 0 saturated heterocycles. The van der Waals surface area contributed by atoms with E-state index >= 15 is 0 Å². The summed E-state index contributed by atoms with van der Waals surface area (Å²) in [5.41, 5.74) is 1.87. The lowest BCUT2D eigenvalue weighted by Gasteiger charge is -2.05. The van der Waals surface area contributed by atoms with Crippen molar-refractivity contribution in [2.24, 2.45) is 0 Å². The van der Waals surface area contributed by atoms with Gasteiger partial charge in [0.2, 0.25) is 0 Å². The molecule has 53 valence electrons. The smallest absolute Gasteiger partial charge is 0.0664 e. The molecule has 0 aromatic heterocycles. The number of anilines is 1. The van der Waals surface area contributed by atoms with E-state index in [2.05, 4.69) is 0 Å². The van der Waals surface area contributed by atoms with Crippen LogP contribution in [0.4, 0.5) is 5.69 Å². The average molecular weight is 136 g/mol. The van der Waals surface area contributed by atoms with Gasteiger partial charge >= 0.3 is 0 Å². The van der Waals surface area contributed by atoms with E-state index in [9.17, 15) is 5.21 Å². The Balaban J connectivity index is 2.89. The van der Waals surface area contributed by atoms with Crippen LogP contribution >= 0.6 is 0 Å². The highest BCUT2D eigenvalue weighted by atomic mass is 16.5. The summed E-state index contributed by atoms with van der Waals surface area (Å²) in [6.07, 6.45) is 0. The Labute approximate surface area is 60.7 Å². The van der Waals surface area contributed by atoms with Crippen molar-refractivity contribution < 1.29 is 5.21 Å². The lowest BCUT2D eigenvalue weighted by molar-refractivity contribution is 0.177. The summed E-state index contributed by atoms with van der Waals surface area (Å²) in [4.78, 5) is 0. The molecule has 1 rings (SSSR count). The molecule has 1 aromatic rings. The van der Waals surface area contributed by atoms with Crippen molar-refractivity contribution in [2.75, 3.05) is 12.1 Å². The van der Waals surface area contributed by atoms with E-state index < -0.39 is 0 Å². The lowest BCUT2D eigenvalue weighted by atomic mass is 10.2. The highest BCUT2D eigenvalue weighted by Gasteiger charge is 1.94. The first-order valence-corrected chi connectivity index (χ1v) is 3.17. The normalized spacial score (nSPS) is 9.50. The molecule has 0 aliphatic heterocycles. The van der Waals surface area contributed by atoms with Crippen molar-refractivity contribution >= 4 is 5.69 Å². The molecule has 0 amide bonds. The first kappa shape index (κ1) is 7.09. The van der Waals surface area contributed by atoms with Crippen LogP contribution in [-0.2, 0) is 5.21 Å². The van der Waals surface area contributed by atoms with Gasteiger partial charge in [0.1, 0.15) is 0 Å². The molecule has 10 heavy (non-hydrogen) atoms. The predicted octanol–water partition coefficient (Wildman–Crippen LogP) is 1.78. The lowest BCUT2D eigenvalue weighted by Crippen LogP contribution is -2.06. The van der Waals surface area contributed by atoms with Gasteiger partial charge in [-0.15, -0.1) is 0 Å². The topological polar surface area (TPSA) is 23.1 Å². The zero-order valence-corrected chi connectivity index (χ0v) is 6.16. The van der Waals surface area contributed by atoms with Crippen molar-refractivity contribution in [3.63, 3.8) is 0 Å². The van der Waals surface area contributed by atoms with Crippen molar-refractivity contribution in [3.8, 4) is 0 Å². The summed E-state index contributed by atoms with van der Waals surface area (Å²) in [6.45, 7) is 1.99. The van der Waals surface area contributed by atoms with E-state index in [0.29, 0.717) is 5.69 Å². The Morgan fingerprint density at radius 3 is 2.10 bits per heavy atom. The van der Waals surface area contributed by atoms with Crippen LogP contribution in [0.2, 0.25) is 0 Å². The zero-order valence-electron chi connectivity index (χ0n) is 6.16. The summed E-state index contributed by atoms with van der Waals surface area (Å²) < 4.78 is 0. The minimum Gasteiger partial charge on any atom is -0.223 e. The second-order valence-electron chi connectivity index (χ2n) is 2.33.